The summed E-state index contributed by atoms with van der Waals surface area (Å²) in [6, 6.07) is 9.24. The van der Waals surface area contributed by atoms with Crippen LogP contribution < -0.4 is 0 Å². The summed E-state index contributed by atoms with van der Waals surface area (Å²) in [5.41, 5.74) is -0.280. The van der Waals surface area contributed by atoms with Crippen LogP contribution in [-0.2, 0) is 9.53 Å². The van der Waals surface area contributed by atoms with Crippen molar-refractivity contribution < 1.29 is 14.3 Å². The summed E-state index contributed by atoms with van der Waals surface area (Å²) in [6.45, 7) is 6.27. The number of ketones is 1. The number of nitrogens with zero attached hydrogens (tertiary/aromatic N) is 3. The average molecular weight is 336 g/mol. The van der Waals surface area contributed by atoms with Gasteiger partial charge in [-0.25, -0.2) is 9.48 Å². The Balaban J connectivity index is 2.36. The molecule has 0 amide bonds. The number of benzene rings is 1. The van der Waals surface area contributed by atoms with Gasteiger partial charge in [0.1, 0.15) is 0 Å². The molecule has 23 heavy (non-hydrogen) atoms. The number of Topliss-reactive ketones (excluding diaryl/α,β-unsaturated/α-hetero) is 1. The second-order valence-corrected chi connectivity index (χ2v) is 6.07. The smallest absolute Gasteiger partial charge is 0.360 e. The molecule has 0 radical (unpaired) electrons. The van der Waals surface area contributed by atoms with Crippen LogP contribution in [0.15, 0.2) is 30.3 Å². The van der Waals surface area contributed by atoms with Crippen LogP contribution in [0.25, 0.3) is 0 Å². The Bertz CT molecular complexity index is 725. The number of carbonyl (C=O) groups excluding carboxylic acids is 2. The van der Waals surface area contributed by atoms with E-state index in [0.29, 0.717) is 0 Å². The van der Waals surface area contributed by atoms with Crippen molar-refractivity contribution in [3.8, 4) is 0 Å². The van der Waals surface area contributed by atoms with Gasteiger partial charge in [-0.15, -0.1) is 5.10 Å². The third kappa shape index (κ3) is 3.59. The van der Waals surface area contributed by atoms with Crippen molar-refractivity contribution >= 4 is 23.4 Å². The normalized spacial score (nSPS) is 12.7. The molecule has 0 bridgehead atoms. The second-order valence-electron chi connectivity index (χ2n) is 5.72. The van der Waals surface area contributed by atoms with Crippen molar-refractivity contribution in [1.29, 1.82) is 0 Å². The predicted octanol–water partition coefficient (Wildman–Crippen LogP) is 3.07. The first-order valence-electron chi connectivity index (χ1n) is 7.14. The minimum Gasteiger partial charge on any atom is -0.447 e. The molecule has 0 saturated heterocycles. The number of aromatic nitrogens is 3. The minimum atomic E-state index is -1.24. The van der Waals surface area contributed by atoms with Gasteiger partial charge in [0.25, 0.3) is 0 Å². The zero-order valence-corrected chi connectivity index (χ0v) is 14.2. The molecular weight excluding hydrogens is 318 g/mol. The molecule has 0 aliphatic heterocycles. The molecule has 0 spiro atoms. The standard InChI is InChI=1S/C16H18ClN3O3/c1-10(12-8-6-5-7-9-12)20-13(14(17)18-19-20)15(22)23-16(3,4)11(2)21/h5-10H,1-4H3/t10-/m1/s1. The lowest BCUT2D eigenvalue weighted by molar-refractivity contribution is -0.132. The molecule has 122 valence electrons. The van der Waals surface area contributed by atoms with Gasteiger partial charge in [-0.2, -0.15) is 0 Å². The molecular formula is C16H18ClN3O3. The lowest BCUT2D eigenvalue weighted by Gasteiger charge is -2.22. The number of ether oxygens (including phenoxy) is 1. The molecule has 6 nitrogen and oxygen atoms in total. The van der Waals surface area contributed by atoms with Crippen molar-refractivity contribution in [2.75, 3.05) is 0 Å². The molecule has 0 unspecified atom stereocenters. The Kier molecular flexibility index (Phi) is 4.85. The second kappa shape index (κ2) is 6.50. The summed E-state index contributed by atoms with van der Waals surface area (Å²) < 4.78 is 6.68. The van der Waals surface area contributed by atoms with Crippen LogP contribution >= 0.6 is 11.6 Å². The first-order chi connectivity index (χ1) is 10.7. The van der Waals surface area contributed by atoms with Crippen molar-refractivity contribution in [1.82, 2.24) is 15.0 Å². The van der Waals surface area contributed by atoms with Crippen molar-refractivity contribution in [2.24, 2.45) is 0 Å². The third-order valence-electron chi connectivity index (χ3n) is 3.69. The molecule has 0 aliphatic rings. The first-order valence-corrected chi connectivity index (χ1v) is 7.52. The van der Waals surface area contributed by atoms with Gasteiger partial charge in [-0.3, -0.25) is 4.79 Å². The molecule has 7 heteroatoms. The maximum Gasteiger partial charge on any atom is 0.360 e. The first kappa shape index (κ1) is 17.1. The van der Waals surface area contributed by atoms with Gasteiger partial charge in [0.15, 0.2) is 22.2 Å². The number of halogens is 1. The number of rotatable bonds is 5. The van der Waals surface area contributed by atoms with E-state index in [1.54, 1.807) is 0 Å². The monoisotopic (exact) mass is 335 g/mol. The van der Waals surface area contributed by atoms with E-state index in [2.05, 4.69) is 10.3 Å². The summed E-state index contributed by atoms with van der Waals surface area (Å²) in [6.07, 6.45) is 0. The highest BCUT2D eigenvalue weighted by atomic mass is 35.5. The quantitative estimate of drug-likeness (QED) is 0.785. The minimum absolute atomic E-state index is 0.0253. The van der Waals surface area contributed by atoms with Crippen LogP contribution in [0.2, 0.25) is 5.15 Å². The lowest BCUT2D eigenvalue weighted by Crippen LogP contribution is -2.36. The summed E-state index contributed by atoms with van der Waals surface area (Å²) >= 11 is 6.00. The van der Waals surface area contributed by atoms with E-state index in [-0.39, 0.29) is 22.7 Å². The Morgan fingerprint density at radius 2 is 1.87 bits per heavy atom. The highest BCUT2D eigenvalue weighted by Crippen LogP contribution is 2.24. The SMILES string of the molecule is CC(=O)C(C)(C)OC(=O)c1c(Cl)nnn1[C@H](C)c1ccccc1. The van der Waals surface area contributed by atoms with Crippen LogP contribution in [0.5, 0.6) is 0 Å². The van der Waals surface area contributed by atoms with Gasteiger partial charge in [0.2, 0.25) is 0 Å². The Hall–Kier alpha value is -2.21. The van der Waals surface area contributed by atoms with E-state index < -0.39 is 11.6 Å². The Morgan fingerprint density at radius 1 is 1.26 bits per heavy atom. The number of esters is 1. The number of hydrogen-bond donors (Lipinski definition) is 0. The van der Waals surface area contributed by atoms with E-state index in [4.69, 9.17) is 16.3 Å². The van der Waals surface area contributed by atoms with E-state index in [1.807, 2.05) is 37.3 Å². The molecule has 1 aromatic heterocycles. The van der Waals surface area contributed by atoms with E-state index in [0.717, 1.165) is 5.56 Å². The van der Waals surface area contributed by atoms with Gasteiger partial charge >= 0.3 is 5.97 Å². The largest absolute Gasteiger partial charge is 0.447 e. The van der Waals surface area contributed by atoms with Crippen molar-refractivity contribution in [2.45, 2.75) is 39.3 Å². The fraction of sp³-hybridized carbons (Fsp3) is 0.375. The molecule has 0 aliphatic carbocycles. The molecule has 0 fully saturated rings. The van der Waals surface area contributed by atoms with Crippen LogP contribution in [0.4, 0.5) is 0 Å². The summed E-state index contributed by atoms with van der Waals surface area (Å²) in [5.74, 6) is -1.000. The van der Waals surface area contributed by atoms with Crippen LogP contribution in [0, 0.1) is 0 Å². The maximum atomic E-state index is 12.4. The van der Waals surface area contributed by atoms with Crippen LogP contribution in [0.3, 0.4) is 0 Å². The summed E-state index contributed by atoms with van der Waals surface area (Å²) in [5, 5.41) is 7.63. The fourth-order valence-corrected chi connectivity index (χ4v) is 2.15. The maximum absolute atomic E-state index is 12.4. The predicted molar refractivity (Wildman–Crippen MR) is 85.5 cm³/mol. The van der Waals surface area contributed by atoms with Gasteiger partial charge in [0, 0.05) is 0 Å². The molecule has 1 aromatic carbocycles. The van der Waals surface area contributed by atoms with Crippen LogP contribution in [-0.4, -0.2) is 32.3 Å². The van der Waals surface area contributed by atoms with Gasteiger partial charge in [-0.05, 0) is 33.3 Å². The van der Waals surface area contributed by atoms with Gasteiger partial charge in [0.05, 0.1) is 6.04 Å². The molecule has 0 N–H and O–H groups in total. The average Bonchev–Trinajstić information content (AvgIpc) is 2.88. The zero-order valence-electron chi connectivity index (χ0n) is 13.4. The molecule has 0 saturated carbocycles. The number of carbonyl (C=O) groups is 2. The molecule has 1 heterocycles. The lowest BCUT2D eigenvalue weighted by atomic mass is 10.1. The zero-order chi connectivity index (χ0) is 17.2. The Labute approximate surface area is 139 Å². The Morgan fingerprint density at radius 3 is 2.43 bits per heavy atom. The summed E-state index contributed by atoms with van der Waals surface area (Å²) in [4.78, 5) is 24.0. The fourth-order valence-electron chi connectivity index (χ4n) is 1.95. The summed E-state index contributed by atoms with van der Waals surface area (Å²) in [7, 11) is 0. The molecule has 2 rings (SSSR count). The van der Waals surface area contributed by atoms with E-state index in [9.17, 15) is 9.59 Å². The van der Waals surface area contributed by atoms with Gasteiger partial charge < -0.3 is 4.74 Å². The van der Waals surface area contributed by atoms with E-state index >= 15 is 0 Å². The van der Waals surface area contributed by atoms with Gasteiger partial charge in [-0.1, -0.05) is 47.1 Å². The number of hydrogen-bond acceptors (Lipinski definition) is 5. The van der Waals surface area contributed by atoms with E-state index in [1.165, 1.54) is 25.5 Å². The molecule has 2 aromatic rings. The van der Waals surface area contributed by atoms with Crippen LogP contribution in [0.1, 0.15) is 49.8 Å². The topological polar surface area (TPSA) is 74.1 Å². The third-order valence-corrected chi connectivity index (χ3v) is 3.95. The molecule has 1 atom stereocenters. The van der Waals surface area contributed by atoms with Crippen molar-refractivity contribution in [3.63, 3.8) is 0 Å². The highest BCUT2D eigenvalue weighted by Gasteiger charge is 2.33. The van der Waals surface area contributed by atoms with Crippen molar-refractivity contribution in [3.05, 3.63) is 46.7 Å². The highest BCUT2D eigenvalue weighted by molar-refractivity contribution is 6.32.